The molecule has 0 saturated carbocycles. The normalized spacial score (nSPS) is 14.8. The predicted octanol–water partition coefficient (Wildman–Crippen LogP) is 1.82. The lowest BCUT2D eigenvalue weighted by atomic mass is 9.89. The van der Waals surface area contributed by atoms with Gasteiger partial charge in [-0.15, -0.1) is 0 Å². The van der Waals surface area contributed by atoms with Crippen molar-refractivity contribution in [3.8, 4) is 5.75 Å². The third-order valence-electron chi connectivity index (χ3n) is 2.57. The second kappa shape index (κ2) is 3.34. The molecule has 0 heterocycles. The van der Waals surface area contributed by atoms with Crippen molar-refractivity contribution in [1.29, 1.82) is 0 Å². The lowest BCUT2D eigenvalue weighted by Gasteiger charge is -2.15. The molecule has 5 heteroatoms. The number of ketones is 1. The fraction of sp³-hybridized carbons (Fsp3) is 0.300. The van der Waals surface area contributed by atoms with E-state index in [1.165, 1.54) is 12.1 Å². The zero-order valence-electron chi connectivity index (χ0n) is 7.90. The predicted molar refractivity (Wildman–Crippen MR) is 52.0 cm³/mol. The Kier molecular flexibility index (Phi) is 2.15. The summed E-state index contributed by atoms with van der Waals surface area (Å²) in [4.78, 5) is 21.7. The fourth-order valence-corrected chi connectivity index (χ4v) is 1.89. The number of benzene rings is 1. The number of phenolic OH excluding ortho intramolecular Hbond substituents is 1. The molecule has 1 aliphatic carbocycles. The monoisotopic (exact) mass is 207 g/mol. The van der Waals surface area contributed by atoms with Gasteiger partial charge >= 0.3 is 0 Å². The van der Waals surface area contributed by atoms with Crippen LogP contribution in [0.3, 0.4) is 0 Å². The van der Waals surface area contributed by atoms with E-state index in [2.05, 4.69) is 0 Å². The van der Waals surface area contributed by atoms with Gasteiger partial charge in [-0.1, -0.05) is 0 Å². The van der Waals surface area contributed by atoms with Gasteiger partial charge in [-0.05, 0) is 18.9 Å². The van der Waals surface area contributed by atoms with Crippen molar-refractivity contribution in [3.05, 3.63) is 33.4 Å². The summed E-state index contributed by atoms with van der Waals surface area (Å²) >= 11 is 0. The molecule has 0 aliphatic heterocycles. The van der Waals surface area contributed by atoms with Crippen LogP contribution in [0.4, 0.5) is 5.69 Å². The van der Waals surface area contributed by atoms with Crippen LogP contribution in [0.15, 0.2) is 12.1 Å². The third-order valence-corrected chi connectivity index (χ3v) is 2.57. The number of rotatable bonds is 1. The average Bonchev–Trinajstić information content (AvgIpc) is 2.19. The molecule has 78 valence electrons. The standard InChI is InChI=1S/C10H9NO4/c12-8-5-4-7(11(14)15)10-6(8)2-1-3-9(10)13/h4-5,12H,1-3H2. The molecule has 15 heavy (non-hydrogen) atoms. The van der Waals surface area contributed by atoms with Gasteiger partial charge in [-0.25, -0.2) is 0 Å². The van der Waals surface area contributed by atoms with Crippen molar-refractivity contribution in [2.75, 3.05) is 0 Å². The van der Waals surface area contributed by atoms with Crippen LogP contribution in [0.1, 0.15) is 28.8 Å². The molecule has 0 radical (unpaired) electrons. The van der Waals surface area contributed by atoms with Crippen LogP contribution < -0.4 is 0 Å². The lowest BCUT2D eigenvalue weighted by Crippen LogP contribution is -2.13. The van der Waals surface area contributed by atoms with Crippen molar-refractivity contribution < 1.29 is 14.8 Å². The number of nitro benzene ring substituents is 1. The number of phenols is 1. The highest BCUT2D eigenvalue weighted by Crippen LogP contribution is 2.34. The van der Waals surface area contributed by atoms with Gasteiger partial charge in [-0.3, -0.25) is 14.9 Å². The van der Waals surface area contributed by atoms with Crippen molar-refractivity contribution in [3.63, 3.8) is 0 Å². The molecule has 1 aliphatic rings. The SMILES string of the molecule is O=C1CCCc2c(O)ccc([N+](=O)[O-])c21. The molecule has 0 saturated heterocycles. The molecule has 0 spiro atoms. The van der Waals surface area contributed by atoms with Gasteiger partial charge in [0.1, 0.15) is 11.3 Å². The Bertz CT molecular complexity index is 453. The second-order valence-electron chi connectivity index (χ2n) is 3.49. The fourth-order valence-electron chi connectivity index (χ4n) is 1.89. The maximum Gasteiger partial charge on any atom is 0.280 e. The quantitative estimate of drug-likeness (QED) is 0.562. The summed E-state index contributed by atoms with van der Waals surface area (Å²) in [7, 11) is 0. The minimum atomic E-state index is -0.582. The third kappa shape index (κ3) is 1.45. The van der Waals surface area contributed by atoms with E-state index < -0.39 is 4.92 Å². The number of nitro groups is 1. The summed E-state index contributed by atoms with van der Waals surface area (Å²) in [5, 5.41) is 20.2. The first kappa shape index (κ1) is 9.64. The highest BCUT2D eigenvalue weighted by molar-refractivity contribution is 6.02. The molecule has 1 aromatic carbocycles. The molecule has 2 rings (SSSR count). The highest BCUT2D eigenvalue weighted by Gasteiger charge is 2.28. The summed E-state index contributed by atoms with van der Waals surface area (Å²) in [5.41, 5.74) is 0.305. The van der Waals surface area contributed by atoms with E-state index in [0.29, 0.717) is 24.8 Å². The molecular formula is C10H9NO4. The zero-order valence-corrected chi connectivity index (χ0v) is 7.90. The molecule has 5 nitrogen and oxygen atoms in total. The number of Topliss-reactive ketones (excluding diaryl/α,β-unsaturated/α-hetero) is 1. The van der Waals surface area contributed by atoms with E-state index in [-0.39, 0.29) is 22.8 Å². The van der Waals surface area contributed by atoms with Crippen LogP contribution in [0, 0.1) is 10.1 Å². The molecule has 0 bridgehead atoms. The number of hydrogen-bond acceptors (Lipinski definition) is 4. The lowest BCUT2D eigenvalue weighted by molar-refractivity contribution is -0.385. The summed E-state index contributed by atoms with van der Waals surface area (Å²) in [6, 6.07) is 2.45. The van der Waals surface area contributed by atoms with Crippen LogP contribution in [0.25, 0.3) is 0 Å². The Hall–Kier alpha value is -1.91. The molecule has 0 amide bonds. The molecular weight excluding hydrogens is 198 g/mol. The van der Waals surface area contributed by atoms with Gasteiger partial charge in [-0.2, -0.15) is 0 Å². The topological polar surface area (TPSA) is 80.4 Å². The Morgan fingerprint density at radius 3 is 2.73 bits per heavy atom. The first-order chi connectivity index (χ1) is 7.11. The maximum absolute atomic E-state index is 11.5. The number of aromatic hydroxyl groups is 1. The smallest absolute Gasteiger partial charge is 0.280 e. The number of fused-ring (bicyclic) bond motifs is 1. The number of nitrogens with zero attached hydrogens (tertiary/aromatic N) is 1. The van der Waals surface area contributed by atoms with Gasteiger partial charge in [0.25, 0.3) is 5.69 Å². The molecule has 1 aromatic rings. The van der Waals surface area contributed by atoms with Crippen LogP contribution in [0.2, 0.25) is 0 Å². The molecule has 0 aromatic heterocycles. The van der Waals surface area contributed by atoms with Crippen molar-refractivity contribution in [2.45, 2.75) is 19.3 Å². The molecule has 0 fully saturated rings. The first-order valence-electron chi connectivity index (χ1n) is 4.63. The van der Waals surface area contributed by atoms with Crippen molar-refractivity contribution in [2.24, 2.45) is 0 Å². The van der Waals surface area contributed by atoms with Crippen LogP contribution >= 0.6 is 0 Å². The Labute approximate surface area is 85.5 Å². The van der Waals surface area contributed by atoms with Crippen molar-refractivity contribution in [1.82, 2.24) is 0 Å². The van der Waals surface area contributed by atoms with E-state index in [0.717, 1.165) is 0 Å². The minimum absolute atomic E-state index is 0.0244. The number of carbonyl (C=O) groups is 1. The summed E-state index contributed by atoms with van der Waals surface area (Å²) in [6.45, 7) is 0. The number of hydrogen-bond donors (Lipinski definition) is 1. The Balaban J connectivity index is 2.70. The first-order valence-corrected chi connectivity index (χ1v) is 4.63. The van der Waals surface area contributed by atoms with Crippen LogP contribution in [-0.2, 0) is 6.42 Å². The van der Waals surface area contributed by atoms with Gasteiger partial charge in [0.2, 0.25) is 0 Å². The highest BCUT2D eigenvalue weighted by atomic mass is 16.6. The molecule has 1 N–H and O–H groups in total. The Morgan fingerprint density at radius 1 is 1.33 bits per heavy atom. The molecule has 0 unspecified atom stereocenters. The van der Waals surface area contributed by atoms with Gasteiger partial charge in [0, 0.05) is 18.1 Å². The van der Waals surface area contributed by atoms with E-state index in [9.17, 15) is 20.0 Å². The van der Waals surface area contributed by atoms with E-state index in [1.807, 2.05) is 0 Å². The van der Waals surface area contributed by atoms with Crippen LogP contribution in [-0.4, -0.2) is 15.8 Å². The summed E-state index contributed by atoms with van der Waals surface area (Å²) in [5.74, 6) is -0.275. The summed E-state index contributed by atoms with van der Waals surface area (Å²) < 4.78 is 0. The Morgan fingerprint density at radius 2 is 2.07 bits per heavy atom. The maximum atomic E-state index is 11.5. The summed E-state index contributed by atoms with van der Waals surface area (Å²) in [6.07, 6.45) is 1.48. The van der Waals surface area contributed by atoms with E-state index in [1.54, 1.807) is 0 Å². The average molecular weight is 207 g/mol. The van der Waals surface area contributed by atoms with Crippen molar-refractivity contribution >= 4 is 11.5 Å². The minimum Gasteiger partial charge on any atom is -0.508 e. The number of carbonyl (C=O) groups excluding carboxylic acids is 1. The van der Waals surface area contributed by atoms with Gasteiger partial charge in [0.15, 0.2) is 5.78 Å². The molecule has 0 atom stereocenters. The van der Waals surface area contributed by atoms with Gasteiger partial charge in [0.05, 0.1) is 4.92 Å². The zero-order chi connectivity index (χ0) is 11.0. The van der Waals surface area contributed by atoms with Crippen LogP contribution in [0.5, 0.6) is 5.75 Å². The van der Waals surface area contributed by atoms with Gasteiger partial charge < -0.3 is 5.11 Å². The van der Waals surface area contributed by atoms with E-state index >= 15 is 0 Å². The van der Waals surface area contributed by atoms with E-state index in [4.69, 9.17) is 0 Å². The second-order valence-corrected chi connectivity index (χ2v) is 3.49. The largest absolute Gasteiger partial charge is 0.508 e.